The van der Waals surface area contributed by atoms with Gasteiger partial charge in [0.05, 0.1) is 12.2 Å². The molecule has 2 N–H and O–H groups in total. The lowest BCUT2D eigenvalue weighted by Gasteiger charge is -2.37. The van der Waals surface area contributed by atoms with Gasteiger partial charge in [-0.15, -0.1) is 11.3 Å². The van der Waals surface area contributed by atoms with Crippen LogP contribution in [0.4, 0.5) is 5.13 Å². The van der Waals surface area contributed by atoms with Gasteiger partial charge >= 0.3 is 0 Å². The quantitative estimate of drug-likeness (QED) is 0.811. The van der Waals surface area contributed by atoms with Crippen LogP contribution in [-0.4, -0.2) is 48.0 Å². The number of nitrogens with zero attached hydrogens (tertiary/aromatic N) is 2. The van der Waals surface area contributed by atoms with Crippen molar-refractivity contribution in [3.63, 3.8) is 0 Å². The second-order valence-corrected chi connectivity index (χ2v) is 5.08. The van der Waals surface area contributed by atoms with Gasteiger partial charge in [0, 0.05) is 24.5 Å². The molecule has 0 spiro atoms. The first-order valence-corrected chi connectivity index (χ1v) is 6.73. The van der Waals surface area contributed by atoms with Crippen molar-refractivity contribution < 1.29 is 4.79 Å². The maximum atomic E-state index is 11.8. The number of carbonyl (C=O) groups is 1. The number of thiazole rings is 1. The summed E-state index contributed by atoms with van der Waals surface area (Å²) in [5.74, 6) is 0.0214. The zero-order chi connectivity index (χ0) is 12.3. The highest BCUT2D eigenvalue weighted by Gasteiger charge is 2.24. The zero-order valence-electron chi connectivity index (χ0n) is 10.2. The largest absolute Gasteiger partial charge is 0.314 e. The van der Waals surface area contributed by atoms with Crippen molar-refractivity contribution in [3.8, 4) is 0 Å². The molecule has 0 bridgehead atoms. The van der Waals surface area contributed by atoms with Crippen LogP contribution in [0.3, 0.4) is 0 Å². The molecule has 94 valence electrons. The first kappa shape index (κ1) is 12.5. The molecule has 0 saturated carbocycles. The lowest BCUT2D eigenvalue weighted by Crippen LogP contribution is -2.58. The third-order valence-corrected chi connectivity index (χ3v) is 3.77. The zero-order valence-corrected chi connectivity index (χ0v) is 11.0. The van der Waals surface area contributed by atoms with E-state index in [1.54, 1.807) is 0 Å². The molecule has 2 rings (SSSR count). The fourth-order valence-corrected chi connectivity index (χ4v) is 2.49. The third-order valence-electron chi connectivity index (χ3n) is 2.89. The van der Waals surface area contributed by atoms with Gasteiger partial charge in [-0.05, 0) is 13.5 Å². The van der Waals surface area contributed by atoms with Crippen LogP contribution in [0.25, 0.3) is 0 Å². The van der Waals surface area contributed by atoms with Crippen molar-refractivity contribution in [1.29, 1.82) is 0 Å². The number of amides is 1. The summed E-state index contributed by atoms with van der Waals surface area (Å²) in [5, 5.41) is 8.68. The van der Waals surface area contributed by atoms with Gasteiger partial charge in [-0.2, -0.15) is 0 Å². The van der Waals surface area contributed by atoms with Crippen LogP contribution in [0, 0.1) is 6.92 Å². The van der Waals surface area contributed by atoms with Crippen LogP contribution in [0.15, 0.2) is 5.38 Å². The Balaban J connectivity index is 1.83. The van der Waals surface area contributed by atoms with E-state index < -0.39 is 0 Å². The minimum atomic E-state index is 0.0214. The number of carbonyl (C=O) groups excluding carboxylic acids is 1. The molecule has 1 aromatic heterocycles. The van der Waals surface area contributed by atoms with Crippen LogP contribution in [0.5, 0.6) is 0 Å². The number of aromatic nitrogens is 1. The molecule has 0 radical (unpaired) electrons. The molecule has 0 atom stereocenters. The summed E-state index contributed by atoms with van der Waals surface area (Å²) < 4.78 is 0. The van der Waals surface area contributed by atoms with Crippen molar-refractivity contribution in [3.05, 3.63) is 11.1 Å². The summed E-state index contributed by atoms with van der Waals surface area (Å²) in [6.45, 7) is 7.32. The first-order chi connectivity index (χ1) is 8.19. The van der Waals surface area contributed by atoms with Crippen molar-refractivity contribution >= 4 is 22.4 Å². The topological polar surface area (TPSA) is 57.3 Å². The summed E-state index contributed by atoms with van der Waals surface area (Å²) in [5.41, 5.74) is 0.945. The third kappa shape index (κ3) is 3.24. The van der Waals surface area contributed by atoms with Gasteiger partial charge in [-0.1, -0.05) is 6.92 Å². The number of anilines is 1. The van der Waals surface area contributed by atoms with Gasteiger partial charge in [0.2, 0.25) is 5.91 Å². The highest BCUT2D eigenvalue weighted by Crippen LogP contribution is 2.14. The Bertz CT molecular complexity index is 389. The van der Waals surface area contributed by atoms with Crippen molar-refractivity contribution in [2.45, 2.75) is 19.9 Å². The van der Waals surface area contributed by atoms with Gasteiger partial charge in [-0.3, -0.25) is 9.69 Å². The molecule has 0 unspecified atom stereocenters. The molecule has 1 aliphatic rings. The summed E-state index contributed by atoms with van der Waals surface area (Å²) in [4.78, 5) is 18.2. The average Bonchev–Trinajstić information content (AvgIpc) is 2.60. The highest BCUT2D eigenvalue weighted by molar-refractivity contribution is 7.13. The minimum absolute atomic E-state index is 0.0214. The Morgan fingerprint density at radius 3 is 2.94 bits per heavy atom. The summed E-state index contributed by atoms with van der Waals surface area (Å²) in [7, 11) is 0. The monoisotopic (exact) mass is 254 g/mol. The van der Waals surface area contributed by atoms with E-state index in [-0.39, 0.29) is 5.91 Å². The van der Waals surface area contributed by atoms with Gasteiger partial charge in [-0.25, -0.2) is 4.98 Å². The van der Waals surface area contributed by atoms with Crippen LogP contribution in [-0.2, 0) is 4.79 Å². The number of likely N-dealkylation sites (N-methyl/N-ethyl adjacent to an activating group) is 1. The summed E-state index contributed by atoms with van der Waals surface area (Å²) in [6, 6.07) is 0.504. The Kier molecular flexibility index (Phi) is 4.09. The van der Waals surface area contributed by atoms with E-state index in [0.717, 1.165) is 25.3 Å². The predicted octanol–water partition coefficient (Wildman–Crippen LogP) is 0.684. The van der Waals surface area contributed by atoms with Crippen LogP contribution in [0.2, 0.25) is 0 Å². The molecule has 6 heteroatoms. The Morgan fingerprint density at radius 2 is 2.47 bits per heavy atom. The number of hydrogen-bond acceptors (Lipinski definition) is 5. The summed E-state index contributed by atoms with van der Waals surface area (Å²) in [6.07, 6.45) is 0. The Labute approximate surface area is 105 Å². The predicted molar refractivity (Wildman–Crippen MR) is 69.4 cm³/mol. The van der Waals surface area contributed by atoms with Gasteiger partial charge in [0.25, 0.3) is 0 Å². The number of hydrogen-bond donors (Lipinski definition) is 2. The van der Waals surface area contributed by atoms with Crippen molar-refractivity contribution in [1.82, 2.24) is 15.2 Å². The molecule has 2 heterocycles. The molecule has 1 saturated heterocycles. The van der Waals surface area contributed by atoms with E-state index in [9.17, 15) is 4.79 Å². The molecule has 5 nitrogen and oxygen atoms in total. The van der Waals surface area contributed by atoms with Crippen LogP contribution < -0.4 is 10.6 Å². The van der Waals surface area contributed by atoms with Crippen molar-refractivity contribution in [2.75, 3.05) is 31.5 Å². The standard InChI is InChI=1S/C11H18N4OS/c1-3-15(9-4-12-5-9)6-10(16)14-11-13-8(2)7-17-11/h7,9,12H,3-6H2,1-2H3,(H,13,14,16). The number of nitrogens with one attached hydrogen (secondary N) is 2. The van der Waals surface area contributed by atoms with E-state index in [1.165, 1.54) is 11.3 Å². The van der Waals surface area contributed by atoms with E-state index >= 15 is 0 Å². The van der Waals surface area contributed by atoms with Gasteiger partial charge < -0.3 is 10.6 Å². The lowest BCUT2D eigenvalue weighted by molar-refractivity contribution is -0.118. The van der Waals surface area contributed by atoms with Crippen LogP contribution >= 0.6 is 11.3 Å². The maximum Gasteiger partial charge on any atom is 0.240 e. The molecule has 1 fully saturated rings. The summed E-state index contributed by atoms with van der Waals surface area (Å²) >= 11 is 1.47. The van der Waals surface area contributed by atoms with Crippen LogP contribution in [0.1, 0.15) is 12.6 Å². The van der Waals surface area contributed by atoms with Gasteiger partial charge in [0.15, 0.2) is 5.13 Å². The number of rotatable bonds is 5. The second kappa shape index (κ2) is 5.57. The molecule has 1 aromatic rings. The molecule has 0 aromatic carbocycles. The average molecular weight is 254 g/mol. The highest BCUT2D eigenvalue weighted by atomic mass is 32.1. The van der Waals surface area contributed by atoms with E-state index in [2.05, 4.69) is 27.4 Å². The maximum absolute atomic E-state index is 11.8. The smallest absolute Gasteiger partial charge is 0.240 e. The van der Waals surface area contributed by atoms with E-state index in [1.807, 2.05) is 12.3 Å². The molecule has 0 aliphatic carbocycles. The van der Waals surface area contributed by atoms with Gasteiger partial charge in [0.1, 0.15) is 0 Å². The normalized spacial score (nSPS) is 15.9. The van der Waals surface area contributed by atoms with E-state index in [0.29, 0.717) is 17.7 Å². The Morgan fingerprint density at radius 1 is 1.71 bits per heavy atom. The molecular formula is C11H18N4OS. The van der Waals surface area contributed by atoms with E-state index in [4.69, 9.17) is 0 Å². The fourth-order valence-electron chi connectivity index (χ4n) is 1.79. The lowest BCUT2D eigenvalue weighted by atomic mass is 10.1. The minimum Gasteiger partial charge on any atom is -0.314 e. The molecule has 17 heavy (non-hydrogen) atoms. The van der Waals surface area contributed by atoms with Crippen molar-refractivity contribution in [2.24, 2.45) is 0 Å². The first-order valence-electron chi connectivity index (χ1n) is 5.85. The SMILES string of the molecule is CCN(CC(=O)Nc1nc(C)cs1)C1CNC1. The fraction of sp³-hybridized carbons (Fsp3) is 0.636. The molecule has 1 aliphatic heterocycles. The molecule has 1 amide bonds. The number of aryl methyl sites for hydroxylation is 1. The second-order valence-electron chi connectivity index (χ2n) is 4.22. The molecular weight excluding hydrogens is 236 g/mol. The Hall–Kier alpha value is -0.980.